The third kappa shape index (κ3) is 2.13. The summed E-state index contributed by atoms with van der Waals surface area (Å²) in [6.45, 7) is 3.82. The Bertz CT molecular complexity index is 524. The highest BCUT2D eigenvalue weighted by Gasteiger charge is 2.08. The summed E-state index contributed by atoms with van der Waals surface area (Å²) in [6, 6.07) is 1.79. The van der Waals surface area contributed by atoms with Crippen molar-refractivity contribution < 1.29 is 4.79 Å². The summed E-state index contributed by atoms with van der Waals surface area (Å²) >= 11 is 0. The van der Waals surface area contributed by atoms with Crippen LogP contribution in [0.4, 0.5) is 0 Å². The lowest BCUT2D eigenvalue weighted by Crippen LogP contribution is -2.30. The van der Waals surface area contributed by atoms with Crippen LogP contribution in [0.5, 0.6) is 0 Å². The Labute approximate surface area is 92.9 Å². The molecule has 0 aliphatic carbocycles. The van der Waals surface area contributed by atoms with Gasteiger partial charge in [-0.3, -0.25) is 9.78 Å². The molecule has 82 valence electrons. The number of nitrogens with one attached hydrogen (secondary N) is 1. The third-order valence-corrected chi connectivity index (χ3v) is 2.01. The van der Waals surface area contributed by atoms with Crippen LogP contribution < -0.4 is 5.32 Å². The summed E-state index contributed by atoms with van der Waals surface area (Å²) in [4.78, 5) is 23.9. The zero-order valence-corrected chi connectivity index (χ0v) is 9.14. The van der Waals surface area contributed by atoms with Crippen molar-refractivity contribution in [2.75, 3.05) is 0 Å². The maximum atomic E-state index is 11.7. The number of hydrogen-bond donors (Lipinski definition) is 1. The molecule has 2 aromatic rings. The maximum absolute atomic E-state index is 11.7. The van der Waals surface area contributed by atoms with Gasteiger partial charge in [-0.2, -0.15) is 0 Å². The van der Waals surface area contributed by atoms with Crippen LogP contribution in [0.2, 0.25) is 0 Å². The predicted molar refractivity (Wildman–Crippen MR) is 59.9 cm³/mol. The molecule has 0 radical (unpaired) electrons. The van der Waals surface area contributed by atoms with Crippen LogP contribution in [0.3, 0.4) is 0 Å². The van der Waals surface area contributed by atoms with Gasteiger partial charge in [-0.1, -0.05) is 0 Å². The van der Waals surface area contributed by atoms with Crippen LogP contribution >= 0.6 is 0 Å². The molecule has 2 heterocycles. The van der Waals surface area contributed by atoms with Gasteiger partial charge < -0.3 is 5.32 Å². The normalized spacial score (nSPS) is 10.7. The second-order valence-corrected chi connectivity index (χ2v) is 3.75. The first kappa shape index (κ1) is 10.5. The zero-order valence-electron chi connectivity index (χ0n) is 9.14. The monoisotopic (exact) mass is 216 g/mol. The van der Waals surface area contributed by atoms with E-state index in [1.807, 2.05) is 13.8 Å². The van der Waals surface area contributed by atoms with Gasteiger partial charge in [-0.25, -0.2) is 9.97 Å². The van der Waals surface area contributed by atoms with Crippen molar-refractivity contribution in [2.24, 2.45) is 0 Å². The Kier molecular flexibility index (Phi) is 2.76. The highest BCUT2D eigenvalue weighted by atomic mass is 16.1. The maximum Gasteiger partial charge on any atom is 0.253 e. The largest absolute Gasteiger partial charge is 0.350 e. The van der Waals surface area contributed by atoms with Crippen LogP contribution in [-0.2, 0) is 0 Å². The number of fused-ring (bicyclic) bond motifs is 1. The Morgan fingerprint density at radius 3 is 2.75 bits per heavy atom. The highest BCUT2D eigenvalue weighted by molar-refractivity contribution is 5.96. The number of carbonyl (C=O) groups excluding carboxylic acids is 1. The number of hydrogen-bond acceptors (Lipinski definition) is 4. The van der Waals surface area contributed by atoms with Crippen molar-refractivity contribution in [3.63, 3.8) is 0 Å². The van der Waals surface area contributed by atoms with Crippen LogP contribution in [0.15, 0.2) is 24.7 Å². The molecule has 0 aliphatic heterocycles. The Balaban J connectivity index is 2.35. The quantitative estimate of drug-likeness (QED) is 0.818. The lowest BCUT2D eigenvalue weighted by Gasteiger charge is -2.07. The van der Waals surface area contributed by atoms with E-state index in [0.29, 0.717) is 16.7 Å². The van der Waals surface area contributed by atoms with E-state index < -0.39 is 0 Å². The van der Waals surface area contributed by atoms with E-state index >= 15 is 0 Å². The van der Waals surface area contributed by atoms with Gasteiger partial charge in [0.1, 0.15) is 5.52 Å². The standard InChI is InChI=1S/C11H12N4O/c1-7(2)15-11(16)8-5-9-10(14-6-8)13-4-3-12-9/h3-7H,1-2H3,(H,15,16). The average molecular weight is 216 g/mol. The van der Waals surface area contributed by atoms with E-state index in [9.17, 15) is 4.79 Å². The SMILES string of the molecule is CC(C)NC(=O)c1cnc2nccnc2c1. The van der Waals surface area contributed by atoms with Crippen LogP contribution in [-0.4, -0.2) is 26.9 Å². The average Bonchev–Trinajstić information content (AvgIpc) is 2.27. The van der Waals surface area contributed by atoms with Crippen molar-refractivity contribution in [1.82, 2.24) is 20.3 Å². The van der Waals surface area contributed by atoms with E-state index in [2.05, 4.69) is 20.3 Å². The minimum Gasteiger partial charge on any atom is -0.350 e. The smallest absolute Gasteiger partial charge is 0.253 e. The van der Waals surface area contributed by atoms with Crippen molar-refractivity contribution in [3.05, 3.63) is 30.2 Å². The molecule has 0 aromatic carbocycles. The van der Waals surface area contributed by atoms with Gasteiger partial charge >= 0.3 is 0 Å². The lowest BCUT2D eigenvalue weighted by molar-refractivity contribution is 0.0943. The Hall–Kier alpha value is -2.04. The molecule has 0 unspecified atom stereocenters. The minimum absolute atomic E-state index is 0.102. The van der Waals surface area contributed by atoms with Gasteiger partial charge in [0.15, 0.2) is 5.65 Å². The molecule has 16 heavy (non-hydrogen) atoms. The molecule has 5 heteroatoms. The first-order valence-electron chi connectivity index (χ1n) is 5.04. The Morgan fingerprint density at radius 2 is 2.00 bits per heavy atom. The fraction of sp³-hybridized carbons (Fsp3) is 0.273. The number of pyridine rings is 1. The van der Waals surface area contributed by atoms with E-state index in [0.717, 1.165) is 0 Å². The Morgan fingerprint density at radius 1 is 1.25 bits per heavy atom. The molecule has 1 N–H and O–H groups in total. The molecule has 0 aliphatic rings. The molecule has 0 bridgehead atoms. The molecule has 0 fully saturated rings. The molecule has 0 saturated carbocycles. The summed E-state index contributed by atoms with van der Waals surface area (Å²) in [5.74, 6) is -0.143. The topological polar surface area (TPSA) is 67.8 Å². The van der Waals surface area contributed by atoms with Gasteiger partial charge in [0.2, 0.25) is 0 Å². The van der Waals surface area contributed by atoms with Crippen molar-refractivity contribution >= 4 is 17.1 Å². The number of aromatic nitrogens is 3. The van der Waals surface area contributed by atoms with E-state index in [1.54, 1.807) is 18.5 Å². The molecular formula is C11H12N4O. The highest BCUT2D eigenvalue weighted by Crippen LogP contribution is 2.07. The van der Waals surface area contributed by atoms with Crippen LogP contribution in [0, 0.1) is 0 Å². The number of nitrogens with zero attached hydrogens (tertiary/aromatic N) is 3. The van der Waals surface area contributed by atoms with Gasteiger partial charge in [-0.05, 0) is 19.9 Å². The van der Waals surface area contributed by atoms with Gasteiger partial charge in [0, 0.05) is 24.6 Å². The van der Waals surface area contributed by atoms with Crippen molar-refractivity contribution in [2.45, 2.75) is 19.9 Å². The molecule has 0 atom stereocenters. The molecule has 0 spiro atoms. The van der Waals surface area contributed by atoms with Gasteiger partial charge in [-0.15, -0.1) is 0 Å². The molecule has 2 aromatic heterocycles. The number of amides is 1. The second kappa shape index (κ2) is 4.22. The fourth-order valence-corrected chi connectivity index (χ4v) is 1.33. The van der Waals surface area contributed by atoms with Crippen LogP contribution in [0.25, 0.3) is 11.2 Å². The zero-order chi connectivity index (χ0) is 11.5. The van der Waals surface area contributed by atoms with Gasteiger partial charge in [0.05, 0.1) is 5.56 Å². The van der Waals surface area contributed by atoms with Crippen molar-refractivity contribution in [3.8, 4) is 0 Å². The van der Waals surface area contributed by atoms with E-state index in [4.69, 9.17) is 0 Å². The predicted octanol–water partition coefficient (Wildman–Crippen LogP) is 1.16. The molecule has 5 nitrogen and oxygen atoms in total. The van der Waals surface area contributed by atoms with Crippen molar-refractivity contribution in [1.29, 1.82) is 0 Å². The summed E-state index contributed by atoms with van der Waals surface area (Å²) in [6.07, 6.45) is 4.66. The number of rotatable bonds is 2. The molecule has 2 rings (SSSR count). The second-order valence-electron chi connectivity index (χ2n) is 3.75. The molecular weight excluding hydrogens is 204 g/mol. The summed E-state index contributed by atoms with van der Waals surface area (Å²) < 4.78 is 0. The summed E-state index contributed by atoms with van der Waals surface area (Å²) in [7, 11) is 0. The van der Waals surface area contributed by atoms with E-state index in [1.165, 1.54) is 6.20 Å². The number of carbonyl (C=O) groups is 1. The first-order valence-corrected chi connectivity index (χ1v) is 5.04. The summed E-state index contributed by atoms with van der Waals surface area (Å²) in [5.41, 5.74) is 1.67. The fourth-order valence-electron chi connectivity index (χ4n) is 1.33. The summed E-state index contributed by atoms with van der Waals surface area (Å²) in [5, 5.41) is 2.80. The molecule has 1 amide bonds. The van der Waals surface area contributed by atoms with Crippen LogP contribution in [0.1, 0.15) is 24.2 Å². The minimum atomic E-state index is -0.143. The molecule has 0 saturated heterocycles. The first-order chi connectivity index (χ1) is 7.66. The third-order valence-electron chi connectivity index (χ3n) is 2.01. The van der Waals surface area contributed by atoms with E-state index in [-0.39, 0.29) is 11.9 Å². The lowest BCUT2D eigenvalue weighted by atomic mass is 10.2. The van der Waals surface area contributed by atoms with Gasteiger partial charge in [0.25, 0.3) is 5.91 Å².